The standard InChI is InChI=1S/C23H25N2OSi.C19H19N2.Ir/c1-14(2)19-12-20(24-13-21(19)27(4,5)6)18-9-7-8-16-17-11-10-15(3)25-23(17)26-22(16)18;1-3-9-15(10-4-1)19-20-17-13-7-8-14-18(17)21(19)16-11-5-2-6-12-16;/h7-8,10-14H,1-6H3;1,3-4,7-9,13-14,16H,2,5-6,11-12H2;/q2*-1;/i14D;;. The van der Waals surface area contributed by atoms with Crippen molar-refractivity contribution in [2.24, 2.45) is 0 Å². The molecule has 7 aromatic rings. The van der Waals surface area contributed by atoms with Crippen molar-refractivity contribution in [3.05, 3.63) is 108 Å². The number of pyridine rings is 2. The second-order valence-corrected chi connectivity index (χ2v) is 19.3. The van der Waals surface area contributed by atoms with E-state index in [1.54, 1.807) is 0 Å². The number of para-hydroxylation sites is 2. The fourth-order valence-electron chi connectivity index (χ4n) is 6.98. The van der Waals surface area contributed by atoms with Gasteiger partial charge in [0.05, 0.1) is 30.5 Å². The maximum Gasteiger partial charge on any atom is 0.216 e. The van der Waals surface area contributed by atoms with Crippen LogP contribution in [0.15, 0.2) is 89.5 Å². The molecule has 49 heavy (non-hydrogen) atoms. The maximum atomic E-state index is 8.68. The van der Waals surface area contributed by atoms with Gasteiger partial charge in [0.15, 0.2) is 0 Å². The van der Waals surface area contributed by atoms with Gasteiger partial charge in [-0.05, 0) is 60.8 Å². The van der Waals surface area contributed by atoms with Crippen molar-refractivity contribution in [3.63, 3.8) is 0 Å². The SMILES string of the molecule is [2H]C(C)(C)c1cc(-c2[c-]ccc3c2oc2nc(C)ccc23)ncc1[Si](C)(C)C.[Ir].[c-]1ccccc1-c1nc2ccccc2n1C1CCCCC1. The van der Waals surface area contributed by atoms with Crippen LogP contribution in [0.25, 0.3) is 55.7 Å². The van der Waals surface area contributed by atoms with E-state index in [-0.39, 0.29) is 20.1 Å². The van der Waals surface area contributed by atoms with Crippen LogP contribution in [0.5, 0.6) is 0 Å². The molecule has 1 radical (unpaired) electrons. The molecular formula is C42H44IrN4OSi-2. The number of aromatic nitrogens is 4. The first kappa shape index (κ1) is 33.6. The average Bonchev–Trinajstić information content (AvgIpc) is 3.67. The Labute approximate surface area is 306 Å². The Morgan fingerprint density at radius 2 is 1.67 bits per heavy atom. The van der Waals surface area contributed by atoms with Crippen LogP contribution in [0.4, 0.5) is 0 Å². The number of nitrogens with zero attached hydrogens (tertiary/aromatic N) is 4. The third-order valence-corrected chi connectivity index (χ3v) is 11.4. The van der Waals surface area contributed by atoms with E-state index in [0.717, 1.165) is 55.8 Å². The molecule has 0 saturated heterocycles. The molecule has 4 aromatic heterocycles. The Kier molecular flexibility index (Phi) is 9.95. The minimum absolute atomic E-state index is 0. The molecule has 253 valence electrons. The molecule has 3 aromatic carbocycles. The number of hydrogen-bond acceptors (Lipinski definition) is 4. The van der Waals surface area contributed by atoms with Crippen molar-refractivity contribution in [1.82, 2.24) is 19.5 Å². The van der Waals surface area contributed by atoms with Crippen LogP contribution in [0.3, 0.4) is 0 Å². The summed E-state index contributed by atoms with van der Waals surface area (Å²) in [6.07, 6.45) is 8.52. The molecule has 0 spiro atoms. The molecule has 0 atom stereocenters. The Balaban J connectivity index is 0.000000176. The van der Waals surface area contributed by atoms with E-state index in [1.165, 1.54) is 42.8 Å². The third kappa shape index (κ3) is 7.07. The molecule has 8 rings (SSSR count). The van der Waals surface area contributed by atoms with Gasteiger partial charge in [0.1, 0.15) is 0 Å². The van der Waals surface area contributed by atoms with Crippen LogP contribution in [0.2, 0.25) is 19.6 Å². The van der Waals surface area contributed by atoms with Crippen molar-refractivity contribution in [1.29, 1.82) is 0 Å². The summed E-state index contributed by atoms with van der Waals surface area (Å²) in [5.41, 5.74) is 8.40. The first-order valence-corrected chi connectivity index (χ1v) is 20.6. The minimum atomic E-state index is -1.62. The predicted molar refractivity (Wildman–Crippen MR) is 202 cm³/mol. The molecule has 1 aliphatic carbocycles. The monoisotopic (exact) mass is 842 g/mol. The van der Waals surface area contributed by atoms with E-state index in [1.807, 2.05) is 63.4 Å². The normalized spacial score (nSPS) is 14.4. The van der Waals surface area contributed by atoms with Gasteiger partial charge in [-0.3, -0.25) is 4.98 Å². The Morgan fingerprint density at radius 1 is 0.898 bits per heavy atom. The molecule has 0 N–H and O–H groups in total. The molecule has 0 bridgehead atoms. The van der Waals surface area contributed by atoms with E-state index in [0.29, 0.717) is 11.8 Å². The first-order chi connectivity index (χ1) is 23.5. The molecular weight excluding hydrogens is 797 g/mol. The van der Waals surface area contributed by atoms with Crippen LogP contribution in [0, 0.1) is 19.1 Å². The fourth-order valence-corrected chi connectivity index (χ4v) is 8.57. The van der Waals surface area contributed by atoms with Gasteiger partial charge in [0.2, 0.25) is 5.71 Å². The Morgan fingerprint density at radius 3 is 2.41 bits per heavy atom. The maximum absolute atomic E-state index is 8.68. The van der Waals surface area contributed by atoms with Crippen LogP contribution >= 0.6 is 0 Å². The predicted octanol–water partition coefficient (Wildman–Crippen LogP) is 10.8. The number of benzene rings is 3. The van der Waals surface area contributed by atoms with Gasteiger partial charge < -0.3 is 14.0 Å². The molecule has 4 heterocycles. The molecule has 0 aliphatic heterocycles. The van der Waals surface area contributed by atoms with Gasteiger partial charge in [0.25, 0.3) is 0 Å². The molecule has 0 amide bonds. The van der Waals surface area contributed by atoms with E-state index >= 15 is 0 Å². The van der Waals surface area contributed by atoms with Crippen molar-refractivity contribution in [3.8, 4) is 22.6 Å². The summed E-state index contributed by atoms with van der Waals surface area (Å²) in [6.45, 7) is 12.7. The summed E-state index contributed by atoms with van der Waals surface area (Å²) in [5, 5.41) is 3.24. The van der Waals surface area contributed by atoms with Crippen LogP contribution < -0.4 is 5.19 Å². The largest absolute Gasteiger partial charge is 0.486 e. The number of fused-ring (bicyclic) bond motifs is 4. The van der Waals surface area contributed by atoms with Crippen LogP contribution in [-0.4, -0.2) is 27.6 Å². The van der Waals surface area contributed by atoms with E-state index in [9.17, 15) is 0 Å². The first-order valence-electron chi connectivity index (χ1n) is 17.6. The van der Waals surface area contributed by atoms with Crippen molar-refractivity contribution < 1.29 is 25.9 Å². The third-order valence-electron chi connectivity index (χ3n) is 9.43. The second kappa shape index (κ2) is 14.5. The van der Waals surface area contributed by atoms with Gasteiger partial charge in [-0.1, -0.05) is 87.5 Å². The summed E-state index contributed by atoms with van der Waals surface area (Å²) in [6, 6.07) is 33.9. The molecule has 1 aliphatic rings. The summed E-state index contributed by atoms with van der Waals surface area (Å²) < 4.78 is 17.3. The second-order valence-electron chi connectivity index (χ2n) is 14.2. The number of aryl methyl sites for hydroxylation is 1. The average molecular weight is 842 g/mol. The smallest absolute Gasteiger partial charge is 0.216 e. The van der Waals surface area contributed by atoms with Gasteiger partial charge in [-0.15, -0.1) is 54.1 Å². The van der Waals surface area contributed by atoms with E-state index in [4.69, 9.17) is 15.8 Å². The topological polar surface area (TPSA) is 56.7 Å². The molecule has 1 saturated carbocycles. The van der Waals surface area contributed by atoms with E-state index in [2.05, 4.69) is 83.8 Å². The zero-order chi connectivity index (χ0) is 34.3. The van der Waals surface area contributed by atoms with Gasteiger partial charge in [0, 0.05) is 44.8 Å². The number of furan rings is 1. The number of imidazole rings is 1. The van der Waals surface area contributed by atoms with Gasteiger partial charge in [-0.25, -0.2) is 4.98 Å². The number of hydrogen-bond donors (Lipinski definition) is 0. The summed E-state index contributed by atoms with van der Waals surface area (Å²) in [7, 11) is -1.62. The minimum Gasteiger partial charge on any atom is -0.486 e. The summed E-state index contributed by atoms with van der Waals surface area (Å²) in [5.74, 6) is 0.372. The Hall–Kier alpha value is -3.90. The van der Waals surface area contributed by atoms with Crippen molar-refractivity contribution in [2.75, 3.05) is 0 Å². The zero-order valence-corrected chi connectivity index (χ0v) is 32.6. The van der Waals surface area contributed by atoms with Crippen LogP contribution in [-0.2, 0) is 20.1 Å². The molecule has 1 fully saturated rings. The molecule has 5 nitrogen and oxygen atoms in total. The summed E-state index contributed by atoms with van der Waals surface area (Å²) >= 11 is 0. The van der Waals surface area contributed by atoms with Crippen molar-refractivity contribution >= 4 is 46.4 Å². The van der Waals surface area contributed by atoms with Crippen LogP contribution in [0.1, 0.15) is 70.5 Å². The zero-order valence-electron chi connectivity index (χ0n) is 30.2. The quantitative estimate of drug-likeness (QED) is 0.128. The fraction of sp³-hybridized carbons (Fsp3) is 0.310. The molecule has 7 heteroatoms. The summed E-state index contributed by atoms with van der Waals surface area (Å²) in [4.78, 5) is 14.2. The number of rotatable bonds is 5. The molecule has 0 unspecified atom stereocenters. The Bertz CT molecular complexity index is 2260. The van der Waals surface area contributed by atoms with Gasteiger partial charge in [-0.2, -0.15) is 0 Å². The van der Waals surface area contributed by atoms with E-state index < -0.39 is 14.0 Å². The van der Waals surface area contributed by atoms with Gasteiger partial charge >= 0.3 is 0 Å². The van der Waals surface area contributed by atoms with Crippen molar-refractivity contribution in [2.45, 2.75) is 84.5 Å².